The minimum Gasteiger partial charge on any atom is -0.0905 e. The van der Waals surface area contributed by atoms with E-state index in [1.54, 1.807) is 0 Å². The molecule has 14 heavy (non-hydrogen) atoms. The van der Waals surface area contributed by atoms with Crippen LogP contribution in [0, 0.1) is 6.92 Å². The number of rotatable bonds is 0. The number of aryl methyl sites for hydroxylation is 1. The Labute approximate surface area is 84.2 Å². The monoisotopic (exact) mass is 182 g/mol. The molecule has 0 radical (unpaired) electrons. The molecule has 2 aromatic rings. The van der Waals surface area contributed by atoms with E-state index >= 15 is 0 Å². The van der Waals surface area contributed by atoms with Crippen molar-refractivity contribution < 1.29 is 0 Å². The number of hydrogen-bond donors (Lipinski definition) is 0. The normalized spacial score (nSPS) is 12.3. The van der Waals surface area contributed by atoms with Crippen molar-refractivity contribution in [1.29, 1.82) is 0 Å². The summed E-state index contributed by atoms with van der Waals surface area (Å²) in [5.41, 5.74) is 1.30. The molecule has 0 saturated carbocycles. The highest BCUT2D eigenvalue weighted by Gasteiger charge is 1.97. The smallest absolute Gasteiger partial charge is 0.00822 e. The molecule has 0 aliphatic rings. The predicted octanol–water partition coefficient (Wildman–Crippen LogP) is 2.36. The van der Waals surface area contributed by atoms with Gasteiger partial charge in [-0.1, -0.05) is 43.0 Å². The van der Waals surface area contributed by atoms with Crippen molar-refractivity contribution in [1.82, 2.24) is 0 Å². The molecule has 70 valence electrons. The third-order valence-corrected chi connectivity index (χ3v) is 2.71. The summed E-state index contributed by atoms with van der Waals surface area (Å²) in [6.45, 7) is 8.33. The molecular weight excluding hydrogens is 168 g/mol. The van der Waals surface area contributed by atoms with Gasteiger partial charge in [-0.3, -0.25) is 0 Å². The van der Waals surface area contributed by atoms with E-state index in [1.165, 1.54) is 21.6 Å². The number of benzene rings is 2. The largest absolute Gasteiger partial charge is 0.0905 e. The first kappa shape index (κ1) is 9.01. The van der Waals surface area contributed by atoms with Crippen LogP contribution in [0.4, 0.5) is 0 Å². The maximum Gasteiger partial charge on any atom is -0.00822 e. The first-order valence-corrected chi connectivity index (χ1v) is 4.87. The second-order valence-corrected chi connectivity index (χ2v) is 3.60. The molecule has 2 rings (SSSR count). The van der Waals surface area contributed by atoms with Gasteiger partial charge in [-0.2, -0.15) is 0 Å². The van der Waals surface area contributed by atoms with Crippen molar-refractivity contribution in [3.8, 4) is 0 Å². The molecule has 0 heteroatoms. The van der Waals surface area contributed by atoms with Gasteiger partial charge < -0.3 is 0 Å². The van der Waals surface area contributed by atoms with Crippen LogP contribution in [-0.2, 0) is 0 Å². The Morgan fingerprint density at radius 2 is 1.93 bits per heavy atom. The van der Waals surface area contributed by atoms with Crippen LogP contribution in [-0.4, -0.2) is 0 Å². The van der Waals surface area contributed by atoms with Gasteiger partial charge in [-0.15, -0.1) is 0 Å². The Morgan fingerprint density at radius 1 is 1.14 bits per heavy atom. The lowest BCUT2D eigenvalue weighted by atomic mass is 10.0. The van der Waals surface area contributed by atoms with Crippen molar-refractivity contribution in [2.75, 3.05) is 0 Å². The Morgan fingerprint density at radius 3 is 2.64 bits per heavy atom. The molecule has 0 atom stereocenters. The predicted molar refractivity (Wildman–Crippen MR) is 63.6 cm³/mol. The van der Waals surface area contributed by atoms with E-state index in [0.29, 0.717) is 0 Å². The van der Waals surface area contributed by atoms with Crippen LogP contribution in [0.2, 0.25) is 0 Å². The summed E-state index contributed by atoms with van der Waals surface area (Å²) >= 11 is 0. The molecule has 2 aromatic carbocycles. The van der Waals surface area contributed by atoms with Gasteiger partial charge in [0, 0.05) is 0 Å². The molecule has 0 unspecified atom stereocenters. The Balaban J connectivity index is 3.10. The summed E-state index contributed by atoms with van der Waals surface area (Å²) in [6, 6.07) is 10.6. The van der Waals surface area contributed by atoms with E-state index < -0.39 is 0 Å². The van der Waals surface area contributed by atoms with Gasteiger partial charge in [0.05, 0.1) is 0 Å². The average Bonchev–Trinajstić information content (AvgIpc) is 2.18. The van der Waals surface area contributed by atoms with Gasteiger partial charge in [0.25, 0.3) is 0 Å². The average molecular weight is 182 g/mol. The fourth-order valence-electron chi connectivity index (χ4n) is 1.94. The zero-order chi connectivity index (χ0) is 10.1. The summed E-state index contributed by atoms with van der Waals surface area (Å²) in [5, 5.41) is 4.94. The highest BCUT2D eigenvalue weighted by atomic mass is 14.0. The molecule has 0 bridgehead atoms. The van der Waals surface area contributed by atoms with Crippen LogP contribution in [0.25, 0.3) is 23.4 Å². The molecule has 0 nitrogen and oxygen atoms in total. The van der Waals surface area contributed by atoms with Crippen LogP contribution in [0.3, 0.4) is 0 Å². The molecule has 0 spiro atoms. The summed E-state index contributed by atoms with van der Waals surface area (Å²) in [7, 11) is 0. The second kappa shape index (κ2) is 3.30. The van der Waals surface area contributed by atoms with Crippen molar-refractivity contribution in [2.24, 2.45) is 0 Å². The second-order valence-electron chi connectivity index (χ2n) is 3.60. The molecule has 0 aliphatic heterocycles. The van der Waals surface area contributed by atoms with Crippen LogP contribution in [0.1, 0.15) is 12.5 Å². The van der Waals surface area contributed by atoms with Crippen LogP contribution in [0.5, 0.6) is 0 Å². The molecule has 0 amide bonds. The lowest BCUT2D eigenvalue weighted by Crippen LogP contribution is -2.23. The third kappa shape index (κ3) is 1.24. The van der Waals surface area contributed by atoms with E-state index in [0.717, 1.165) is 5.22 Å². The van der Waals surface area contributed by atoms with Crippen LogP contribution < -0.4 is 10.4 Å². The number of fused-ring (bicyclic) bond motifs is 1. The van der Waals surface area contributed by atoms with Gasteiger partial charge in [-0.05, 0) is 40.6 Å². The lowest BCUT2D eigenvalue weighted by molar-refractivity contribution is 1.49. The van der Waals surface area contributed by atoms with Gasteiger partial charge >= 0.3 is 0 Å². The van der Waals surface area contributed by atoms with E-state index in [2.05, 4.69) is 49.9 Å². The van der Waals surface area contributed by atoms with Crippen molar-refractivity contribution in [3.05, 3.63) is 46.3 Å². The van der Waals surface area contributed by atoms with E-state index in [4.69, 9.17) is 0 Å². The molecular formula is C14H14. The summed E-state index contributed by atoms with van der Waals surface area (Å²) in [5.74, 6) is 0. The highest BCUT2D eigenvalue weighted by molar-refractivity contribution is 5.86. The minimum absolute atomic E-state index is 1.14. The van der Waals surface area contributed by atoms with E-state index in [1.807, 2.05) is 6.92 Å². The fraction of sp³-hybridized carbons (Fsp3) is 0.143. The van der Waals surface area contributed by atoms with E-state index in [9.17, 15) is 0 Å². The van der Waals surface area contributed by atoms with Crippen molar-refractivity contribution in [3.63, 3.8) is 0 Å². The fourth-order valence-corrected chi connectivity index (χ4v) is 1.94. The van der Waals surface area contributed by atoms with Crippen LogP contribution in [0.15, 0.2) is 30.3 Å². The van der Waals surface area contributed by atoms with Gasteiger partial charge in [0.2, 0.25) is 0 Å². The highest BCUT2D eigenvalue weighted by Crippen LogP contribution is 2.11. The lowest BCUT2D eigenvalue weighted by Gasteiger charge is -2.02. The summed E-state index contributed by atoms with van der Waals surface area (Å²) in [4.78, 5) is 0. The maximum atomic E-state index is 4.15. The summed E-state index contributed by atoms with van der Waals surface area (Å²) < 4.78 is 0. The quantitative estimate of drug-likeness (QED) is 0.586. The molecule has 0 aliphatic carbocycles. The van der Waals surface area contributed by atoms with Crippen molar-refractivity contribution in [2.45, 2.75) is 13.8 Å². The standard InChI is InChI=1S/C14H14/c1-4-12-8-9-13-7-5-6-10(2)14(13)11(12)3/h4-9H,3H2,1-2H3. The summed E-state index contributed by atoms with van der Waals surface area (Å²) in [6.07, 6.45) is 2.11. The van der Waals surface area contributed by atoms with Gasteiger partial charge in [-0.25, -0.2) is 0 Å². The Kier molecular flexibility index (Phi) is 2.12. The first-order valence-electron chi connectivity index (χ1n) is 4.87. The zero-order valence-electron chi connectivity index (χ0n) is 8.67. The minimum atomic E-state index is 1.14. The molecule has 0 fully saturated rings. The first-order chi connectivity index (χ1) is 6.74. The topological polar surface area (TPSA) is 0 Å². The zero-order valence-corrected chi connectivity index (χ0v) is 8.67. The third-order valence-electron chi connectivity index (χ3n) is 2.71. The SMILES string of the molecule is C=c1c(=CC)ccc2cccc(C)c12. The molecule has 0 aromatic heterocycles. The Hall–Kier alpha value is -1.56. The molecule has 0 N–H and O–H groups in total. The number of hydrogen-bond acceptors (Lipinski definition) is 0. The van der Waals surface area contributed by atoms with Gasteiger partial charge in [0.15, 0.2) is 0 Å². The molecule has 0 saturated heterocycles. The maximum absolute atomic E-state index is 4.15. The van der Waals surface area contributed by atoms with Crippen molar-refractivity contribution >= 4 is 23.4 Å². The van der Waals surface area contributed by atoms with E-state index in [-0.39, 0.29) is 0 Å². The van der Waals surface area contributed by atoms with Crippen LogP contribution >= 0.6 is 0 Å². The Bertz CT molecular complexity index is 577. The van der Waals surface area contributed by atoms with Gasteiger partial charge in [0.1, 0.15) is 0 Å². The molecule has 0 heterocycles.